The summed E-state index contributed by atoms with van der Waals surface area (Å²) in [5.41, 5.74) is 2.90. The van der Waals surface area contributed by atoms with Crippen LogP contribution in [0.4, 0.5) is 0 Å². The van der Waals surface area contributed by atoms with E-state index in [1.54, 1.807) is 0 Å². The Bertz CT molecular complexity index is 818. The van der Waals surface area contributed by atoms with Crippen LogP contribution in [-0.2, 0) is 11.2 Å². The van der Waals surface area contributed by atoms with Crippen molar-refractivity contribution in [3.63, 3.8) is 0 Å². The van der Waals surface area contributed by atoms with Gasteiger partial charge in [-0.25, -0.2) is 0 Å². The molecule has 26 heavy (non-hydrogen) atoms. The number of carbonyl (C=O) groups is 2. The van der Waals surface area contributed by atoms with Crippen molar-refractivity contribution in [2.45, 2.75) is 38.3 Å². The highest BCUT2D eigenvalue weighted by Crippen LogP contribution is 2.38. The largest absolute Gasteiger partial charge is 0.347 e. The third kappa shape index (κ3) is 3.36. The lowest BCUT2D eigenvalue weighted by Gasteiger charge is -2.34. The van der Waals surface area contributed by atoms with Crippen molar-refractivity contribution < 1.29 is 9.59 Å². The molecule has 2 aromatic carbocycles. The molecule has 134 valence electrons. The van der Waals surface area contributed by atoms with Crippen molar-refractivity contribution >= 4 is 11.8 Å². The summed E-state index contributed by atoms with van der Waals surface area (Å²) in [6, 6.07) is 17.6. The van der Waals surface area contributed by atoms with Crippen LogP contribution >= 0.6 is 0 Å². The second-order valence-corrected chi connectivity index (χ2v) is 7.56. The number of likely N-dealkylation sites (tertiary alicyclic amines) is 1. The number of aryl methyl sites for hydroxylation is 1. The van der Waals surface area contributed by atoms with Crippen LogP contribution in [0.5, 0.6) is 0 Å². The van der Waals surface area contributed by atoms with Gasteiger partial charge in [-0.1, -0.05) is 48.0 Å². The molecule has 2 amide bonds. The molecule has 1 saturated heterocycles. The van der Waals surface area contributed by atoms with Gasteiger partial charge in [0, 0.05) is 18.2 Å². The summed E-state index contributed by atoms with van der Waals surface area (Å²) in [5, 5.41) is 3.15. The summed E-state index contributed by atoms with van der Waals surface area (Å²) >= 11 is 0. The fourth-order valence-electron chi connectivity index (χ4n) is 4.41. The summed E-state index contributed by atoms with van der Waals surface area (Å²) in [7, 11) is 0. The van der Waals surface area contributed by atoms with Gasteiger partial charge < -0.3 is 10.2 Å². The third-order valence-corrected chi connectivity index (χ3v) is 5.59. The highest BCUT2D eigenvalue weighted by atomic mass is 16.2. The molecular weight excluding hydrogens is 324 g/mol. The molecule has 2 fully saturated rings. The molecule has 1 aliphatic heterocycles. The maximum atomic E-state index is 12.8. The maximum Gasteiger partial charge on any atom is 0.251 e. The molecule has 2 aromatic rings. The zero-order chi connectivity index (χ0) is 18.1. The predicted octanol–water partition coefficient (Wildman–Crippen LogP) is 2.96. The number of hydrogen-bond acceptors (Lipinski definition) is 2. The van der Waals surface area contributed by atoms with Crippen LogP contribution in [0.1, 0.15) is 34.3 Å². The molecule has 2 bridgehead atoms. The Labute approximate surface area is 154 Å². The molecule has 0 aromatic heterocycles. The Morgan fingerprint density at radius 3 is 2.62 bits per heavy atom. The van der Waals surface area contributed by atoms with Crippen LogP contribution in [0.25, 0.3) is 0 Å². The van der Waals surface area contributed by atoms with E-state index in [4.69, 9.17) is 0 Å². The van der Waals surface area contributed by atoms with E-state index < -0.39 is 0 Å². The van der Waals surface area contributed by atoms with Gasteiger partial charge in [-0.3, -0.25) is 9.59 Å². The van der Waals surface area contributed by atoms with Crippen molar-refractivity contribution in [2.24, 2.45) is 5.92 Å². The Morgan fingerprint density at radius 1 is 1.08 bits per heavy atom. The number of piperidine rings is 1. The van der Waals surface area contributed by atoms with Gasteiger partial charge in [-0.05, 0) is 43.4 Å². The standard InChI is InChI=1S/C22H24N2O2/c1-15-6-5-7-16(10-15)13-21(25)24-14-17-11-19(20(24)12-17)23-22(26)18-8-3-2-4-9-18/h2-10,17,19-20H,11-14H2,1H3,(H,23,26). The minimum atomic E-state index is -0.0470. The molecule has 1 N–H and O–H groups in total. The van der Waals surface area contributed by atoms with Gasteiger partial charge in [0.05, 0.1) is 12.5 Å². The SMILES string of the molecule is Cc1cccc(CC(=O)N2CC3CC(NC(=O)c4ccccc4)C2C3)c1. The van der Waals surface area contributed by atoms with Crippen LogP contribution < -0.4 is 5.32 Å². The van der Waals surface area contributed by atoms with Crippen molar-refractivity contribution in [2.75, 3.05) is 6.54 Å². The first-order valence-electron chi connectivity index (χ1n) is 9.31. The fraction of sp³-hybridized carbons (Fsp3) is 0.364. The molecule has 1 saturated carbocycles. The third-order valence-electron chi connectivity index (χ3n) is 5.59. The monoisotopic (exact) mass is 348 g/mol. The van der Waals surface area contributed by atoms with Gasteiger partial charge in [-0.15, -0.1) is 0 Å². The molecule has 0 spiro atoms. The molecule has 3 atom stereocenters. The second-order valence-electron chi connectivity index (χ2n) is 7.56. The number of nitrogens with zero attached hydrogens (tertiary/aromatic N) is 1. The van der Waals surface area contributed by atoms with Crippen molar-refractivity contribution in [3.05, 3.63) is 71.3 Å². The molecule has 1 aliphatic carbocycles. The van der Waals surface area contributed by atoms with E-state index in [1.807, 2.05) is 60.4 Å². The number of rotatable bonds is 4. The quantitative estimate of drug-likeness (QED) is 0.923. The maximum absolute atomic E-state index is 12.8. The van der Waals surface area contributed by atoms with Gasteiger partial charge in [0.15, 0.2) is 0 Å². The van der Waals surface area contributed by atoms with E-state index in [0.29, 0.717) is 17.9 Å². The van der Waals surface area contributed by atoms with E-state index in [1.165, 1.54) is 5.56 Å². The van der Waals surface area contributed by atoms with Crippen LogP contribution in [-0.4, -0.2) is 35.3 Å². The summed E-state index contributed by atoms with van der Waals surface area (Å²) in [5.74, 6) is 0.624. The molecule has 4 rings (SSSR count). The van der Waals surface area contributed by atoms with Crippen molar-refractivity contribution in [1.82, 2.24) is 10.2 Å². The smallest absolute Gasteiger partial charge is 0.251 e. The van der Waals surface area contributed by atoms with Crippen LogP contribution in [0, 0.1) is 12.8 Å². The normalized spacial score (nSPS) is 23.9. The van der Waals surface area contributed by atoms with E-state index in [9.17, 15) is 9.59 Å². The highest BCUT2D eigenvalue weighted by Gasteiger charge is 2.47. The number of benzene rings is 2. The average Bonchev–Trinajstić information content (AvgIpc) is 3.23. The molecule has 4 nitrogen and oxygen atoms in total. The molecule has 4 heteroatoms. The van der Waals surface area contributed by atoms with E-state index in [0.717, 1.165) is 24.9 Å². The summed E-state index contributed by atoms with van der Waals surface area (Å²) in [6.07, 6.45) is 2.40. The number of hydrogen-bond donors (Lipinski definition) is 1. The van der Waals surface area contributed by atoms with Crippen molar-refractivity contribution in [3.8, 4) is 0 Å². The minimum Gasteiger partial charge on any atom is -0.347 e. The lowest BCUT2D eigenvalue weighted by molar-refractivity contribution is -0.132. The van der Waals surface area contributed by atoms with E-state index in [-0.39, 0.29) is 23.9 Å². The molecule has 3 unspecified atom stereocenters. The topological polar surface area (TPSA) is 49.4 Å². The number of fused-ring (bicyclic) bond motifs is 2. The predicted molar refractivity (Wildman–Crippen MR) is 101 cm³/mol. The number of amides is 2. The Morgan fingerprint density at radius 2 is 1.88 bits per heavy atom. The first-order chi connectivity index (χ1) is 12.6. The Balaban J connectivity index is 1.42. The van der Waals surface area contributed by atoms with Crippen LogP contribution in [0.15, 0.2) is 54.6 Å². The Hall–Kier alpha value is -2.62. The van der Waals surface area contributed by atoms with Gasteiger partial charge in [-0.2, -0.15) is 0 Å². The lowest BCUT2D eigenvalue weighted by Crippen LogP contribution is -2.52. The van der Waals surface area contributed by atoms with Crippen LogP contribution in [0.3, 0.4) is 0 Å². The minimum absolute atomic E-state index is 0.0470. The fourth-order valence-corrected chi connectivity index (χ4v) is 4.41. The second kappa shape index (κ2) is 6.94. The highest BCUT2D eigenvalue weighted by molar-refractivity contribution is 5.94. The Kier molecular flexibility index (Phi) is 4.49. The first-order valence-corrected chi connectivity index (χ1v) is 9.31. The van der Waals surface area contributed by atoms with E-state index >= 15 is 0 Å². The number of carbonyl (C=O) groups excluding carboxylic acids is 2. The van der Waals surface area contributed by atoms with Crippen LogP contribution in [0.2, 0.25) is 0 Å². The molecule has 1 heterocycles. The van der Waals surface area contributed by atoms with Gasteiger partial charge in [0.25, 0.3) is 5.91 Å². The van der Waals surface area contributed by atoms with Crippen molar-refractivity contribution in [1.29, 1.82) is 0 Å². The first kappa shape index (κ1) is 16.8. The molecule has 0 radical (unpaired) electrons. The summed E-state index contributed by atoms with van der Waals surface area (Å²) in [4.78, 5) is 27.3. The van der Waals surface area contributed by atoms with E-state index in [2.05, 4.69) is 11.4 Å². The molecular formula is C22H24N2O2. The lowest BCUT2D eigenvalue weighted by atomic mass is 10.0. The molecule has 2 aliphatic rings. The summed E-state index contributed by atoms with van der Waals surface area (Å²) < 4.78 is 0. The van der Waals surface area contributed by atoms with Gasteiger partial charge >= 0.3 is 0 Å². The zero-order valence-electron chi connectivity index (χ0n) is 15.0. The zero-order valence-corrected chi connectivity index (χ0v) is 15.0. The van der Waals surface area contributed by atoms with Gasteiger partial charge in [0.1, 0.15) is 0 Å². The van der Waals surface area contributed by atoms with Gasteiger partial charge in [0.2, 0.25) is 5.91 Å². The number of nitrogens with one attached hydrogen (secondary N) is 1. The summed E-state index contributed by atoms with van der Waals surface area (Å²) in [6.45, 7) is 2.87. The average molecular weight is 348 g/mol.